The average Bonchev–Trinajstić information content (AvgIpc) is 2.89. The normalized spacial score (nSPS) is 16.2. The Hall–Kier alpha value is -3.90. The van der Waals surface area contributed by atoms with Crippen molar-refractivity contribution in [2.45, 2.75) is 38.5 Å². The summed E-state index contributed by atoms with van der Waals surface area (Å²) in [5.41, 5.74) is 11.1. The number of hydrogen-bond donors (Lipinski definition) is 0. The third kappa shape index (κ3) is 2.35. The molecule has 0 aliphatic heterocycles. The van der Waals surface area contributed by atoms with E-state index < -0.39 is 0 Å². The standard InChI is InChI=1S/C36H28/c1-35(2)29-15-7-11-21-9-5-13-25(33(21)29)27-17-23-18-28-26-14-6-10-22-12-8-16-30(34(22)26)36(3,4)32(28)20-24(23)19-31(27)35/h5-20H,1-4H3. The van der Waals surface area contributed by atoms with Crippen LogP contribution < -0.4 is 0 Å². The minimum atomic E-state index is -0.0546. The summed E-state index contributed by atoms with van der Waals surface area (Å²) in [5, 5.41) is 8.15. The molecule has 0 bridgehead atoms. The first-order valence-electron chi connectivity index (χ1n) is 13.0. The van der Waals surface area contributed by atoms with Crippen LogP contribution in [0.5, 0.6) is 0 Å². The molecule has 0 amide bonds. The van der Waals surface area contributed by atoms with Crippen LogP contribution in [0.4, 0.5) is 0 Å². The van der Waals surface area contributed by atoms with Gasteiger partial charge in [0, 0.05) is 10.8 Å². The van der Waals surface area contributed by atoms with E-state index in [4.69, 9.17) is 0 Å². The van der Waals surface area contributed by atoms with Crippen molar-refractivity contribution >= 4 is 32.3 Å². The maximum Gasteiger partial charge on any atom is 0.0159 e. The van der Waals surface area contributed by atoms with Crippen molar-refractivity contribution in [1.29, 1.82) is 0 Å². The van der Waals surface area contributed by atoms with E-state index in [-0.39, 0.29) is 10.8 Å². The van der Waals surface area contributed by atoms with Gasteiger partial charge in [0.2, 0.25) is 0 Å². The zero-order chi connectivity index (χ0) is 24.4. The lowest BCUT2D eigenvalue weighted by molar-refractivity contribution is 0.644. The number of benzene rings is 6. The highest BCUT2D eigenvalue weighted by Gasteiger charge is 2.36. The Morgan fingerprint density at radius 2 is 0.750 bits per heavy atom. The Kier molecular flexibility index (Phi) is 3.64. The van der Waals surface area contributed by atoms with E-state index in [2.05, 4.69) is 125 Å². The molecule has 0 radical (unpaired) electrons. The zero-order valence-corrected chi connectivity index (χ0v) is 21.2. The second kappa shape index (κ2) is 6.45. The van der Waals surface area contributed by atoms with Crippen LogP contribution in [0.1, 0.15) is 49.9 Å². The summed E-state index contributed by atoms with van der Waals surface area (Å²) < 4.78 is 0. The molecule has 0 heteroatoms. The molecule has 0 aromatic heterocycles. The van der Waals surface area contributed by atoms with Gasteiger partial charge in [0.05, 0.1) is 0 Å². The van der Waals surface area contributed by atoms with Gasteiger partial charge in [-0.1, -0.05) is 100 Å². The SMILES string of the molecule is CC1(C)c2cc3cc4c(cc3cc2-c2cccc3cccc1c23)-c1cccc2cccc(c12)C4(C)C. The van der Waals surface area contributed by atoms with Gasteiger partial charge in [0.15, 0.2) is 0 Å². The maximum absolute atomic E-state index is 2.48. The molecule has 36 heavy (non-hydrogen) atoms. The van der Waals surface area contributed by atoms with Crippen molar-refractivity contribution in [3.8, 4) is 22.3 Å². The van der Waals surface area contributed by atoms with Crippen molar-refractivity contribution in [2.24, 2.45) is 0 Å². The van der Waals surface area contributed by atoms with E-state index in [1.54, 1.807) is 0 Å². The second-order valence-electron chi connectivity index (χ2n) is 11.8. The Bertz CT molecular complexity index is 1780. The summed E-state index contributed by atoms with van der Waals surface area (Å²) in [6.45, 7) is 9.56. The predicted octanol–water partition coefficient (Wildman–Crippen LogP) is 9.76. The Labute approximate surface area is 212 Å². The molecule has 0 saturated carbocycles. The lowest BCUT2D eigenvalue weighted by Gasteiger charge is -2.37. The van der Waals surface area contributed by atoms with Crippen molar-refractivity contribution in [1.82, 2.24) is 0 Å². The Balaban J connectivity index is 1.50. The highest BCUT2D eigenvalue weighted by molar-refractivity contribution is 6.08. The van der Waals surface area contributed by atoms with Gasteiger partial charge in [-0.25, -0.2) is 0 Å². The summed E-state index contributed by atoms with van der Waals surface area (Å²) in [7, 11) is 0. The van der Waals surface area contributed by atoms with Gasteiger partial charge in [-0.2, -0.15) is 0 Å². The van der Waals surface area contributed by atoms with Crippen LogP contribution >= 0.6 is 0 Å². The average molecular weight is 461 g/mol. The lowest BCUT2D eigenvalue weighted by Crippen LogP contribution is -2.24. The Morgan fingerprint density at radius 3 is 1.19 bits per heavy atom. The Morgan fingerprint density at radius 1 is 0.361 bits per heavy atom. The molecule has 6 aromatic carbocycles. The largest absolute Gasteiger partial charge is 0.0613 e. The molecule has 0 fully saturated rings. The van der Waals surface area contributed by atoms with Crippen molar-refractivity contribution in [2.75, 3.05) is 0 Å². The van der Waals surface area contributed by atoms with Crippen LogP contribution in [0.25, 0.3) is 54.6 Å². The fourth-order valence-electron chi connectivity index (χ4n) is 7.29. The highest BCUT2D eigenvalue weighted by atomic mass is 14.4. The van der Waals surface area contributed by atoms with Gasteiger partial charge >= 0.3 is 0 Å². The van der Waals surface area contributed by atoms with Gasteiger partial charge in [0.1, 0.15) is 0 Å². The van der Waals surface area contributed by atoms with Crippen LogP contribution in [-0.2, 0) is 10.8 Å². The monoisotopic (exact) mass is 460 g/mol. The van der Waals surface area contributed by atoms with E-state index >= 15 is 0 Å². The third-order valence-corrected chi connectivity index (χ3v) is 9.20. The number of fused-ring (bicyclic) bond motifs is 5. The topological polar surface area (TPSA) is 0 Å². The predicted molar refractivity (Wildman–Crippen MR) is 154 cm³/mol. The minimum absolute atomic E-state index is 0.0546. The first-order chi connectivity index (χ1) is 17.4. The maximum atomic E-state index is 2.48. The van der Waals surface area contributed by atoms with Gasteiger partial charge in [-0.3, -0.25) is 0 Å². The number of rotatable bonds is 0. The molecule has 0 nitrogen and oxygen atoms in total. The molecule has 8 rings (SSSR count). The van der Waals surface area contributed by atoms with Crippen LogP contribution in [0.3, 0.4) is 0 Å². The molecular formula is C36H28. The molecule has 0 unspecified atom stereocenters. The summed E-state index contributed by atoms with van der Waals surface area (Å²) in [6.07, 6.45) is 0. The van der Waals surface area contributed by atoms with Crippen LogP contribution in [0.15, 0.2) is 97.1 Å². The summed E-state index contributed by atoms with van der Waals surface area (Å²) in [6, 6.07) is 37.0. The summed E-state index contributed by atoms with van der Waals surface area (Å²) in [4.78, 5) is 0. The van der Waals surface area contributed by atoms with E-state index in [0.29, 0.717) is 0 Å². The van der Waals surface area contributed by atoms with Gasteiger partial charge in [-0.15, -0.1) is 0 Å². The van der Waals surface area contributed by atoms with Crippen molar-refractivity contribution in [3.63, 3.8) is 0 Å². The molecule has 0 atom stereocenters. The van der Waals surface area contributed by atoms with Crippen molar-refractivity contribution in [3.05, 3.63) is 119 Å². The fourth-order valence-corrected chi connectivity index (χ4v) is 7.29. The first kappa shape index (κ1) is 20.3. The van der Waals surface area contributed by atoms with E-state index in [1.807, 2.05) is 0 Å². The van der Waals surface area contributed by atoms with E-state index in [9.17, 15) is 0 Å². The van der Waals surface area contributed by atoms with Gasteiger partial charge in [0.25, 0.3) is 0 Å². The van der Waals surface area contributed by atoms with E-state index in [1.165, 1.54) is 76.8 Å². The molecule has 2 aliphatic rings. The highest BCUT2D eigenvalue weighted by Crippen LogP contribution is 2.52. The van der Waals surface area contributed by atoms with Crippen LogP contribution in [-0.4, -0.2) is 0 Å². The molecular weight excluding hydrogens is 432 g/mol. The fraction of sp³-hybridized carbons (Fsp3) is 0.167. The summed E-state index contributed by atoms with van der Waals surface area (Å²) >= 11 is 0. The van der Waals surface area contributed by atoms with Gasteiger partial charge < -0.3 is 0 Å². The molecule has 0 spiro atoms. The van der Waals surface area contributed by atoms with Gasteiger partial charge in [-0.05, 0) is 101 Å². The minimum Gasteiger partial charge on any atom is -0.0613 e. The zero-order valence-electron chi connectivity index (χ0n) is 21.2. The molecule has 2 aliphatic carbocycles. The molecule has 0 N–H and O–H groups in total. The quantitative estimate of drug-likeness (QED) is 0.212. The smallest absolute Gasteiger partial charge is 0.0159 e. The first-order valence-corrected chi connectivity index (χ1v) is 13.0. The van der Waals surface area contributed by atoms with Crippen LogP contribution in [0.2, 0.25) is 0 Å². The second-order valence-corrected chi connectivity index (χ2v) is 11.8. The molecule has 6 aromatic rings. The third-order valence-electron chi connectivity index (χ3n) is 9.20. The van der Waals surface area contributed by atoms with Crippen LogP contribution in [0, 0.1) is 0 Å². The molecule has 0 heterocycles. The lowest BCUT2D eigenvalue weighted by atomic mass is 9.66. The van der Waals surface area contributed by atoms with E-state index in [0.717, 1.165) is 0 Å². The molecule has 0 saturated heterocycles. The summed E-state index contributed by atoms with van der Waals surface area (Å²) in [5.74, 6) is 0. The number of hydrogen-bond acceptors (Lipinski definition) is 0. The molecule has 172 valence electrons. The van der Waals surface area contributed by atoms with Crippen molar-refractivity contribution < 1.29 is 0 Å².